The molecule has 0 aliphatic heterocycles. The molecular weight excluding hydrogens is 302 g/mol. The van der Waals surface area contributed by atoms with E-state index in [0.29, 0.717) is 0 Å². The van der Waals surface area contributed by atoms with Crippen molar-refractivity contribution >= 4 is 0 Å². The van der Waals surface area contributed by atoms with Crippen LogP contribution in [0.1, 0.15) is 36.1 Å². The molecule has 126 valence electrons. The number of rotatable bonds is 5. The molecule has 3 aromatic rings. The van der Waals surface area contributed by atoms with Crippen molar-refractivity contribution in [3.8, 4) is 22.7 Å². The molecule has 5 heteroatoms. The van der Waals surface area contributed by atoms with Crippen molar-refractivity contribution in [2.45, 2.75) is 40.5 Å². The highest BCUT2D eigenvalue weighted by atomic mass is 16.5. The average molecular weight is 325 g/mol. The van der Waals surface area contributed by atoms with Gasteiger partial charge in [-0.05, 0) is 57.0 Å². The predicted molar refractivity (Wildman–Crippen MR) is 93.8 cm³/mol. The van der Waals surface area contributed by atoms with E-state index in [4.69, 9.17) is 14.4 Å². The molecule has 0 spiro atoms. The highest BCUT2D eigenvalue weighted by Gasteiger charge is 2.22. The normalized spacial score (nSPS) is 11.0. The molecule has 2 aromatic heterocycles. The van der Waals surface area contributed by atoms with Crippen molar-refractivity contribution in [3.05, 3.63) is 47.0 Å². The van der Waals surface area contributed by atoms with Crippen molar-refractivity contribution in [2.24, 2.45) is 0 Å². The van der Waals surface area contributed by atoms with Gasteiger partial charge in [0.1, 0.15) is 11.5 Å². The summed E-state index contributed by atoms with van der Waals surface area (Å²) >= 11 is 0. The zero-order valence-corrected chi connectivity index (χ0v) is 14.9. The van der Waals surface area contributed by atoms with E-state index in [1.807, 2.05) is 42.8 Å². The minimum Gasteiger partial charge on any atom is -0.497 e. The van der Waals surface area contributed by atoms with Crippen LogP contribution in [0.25, 0.3) is 16.9 Å². The molecule has 0 radical (unpaired) electrons. The molecule has 0 bridgehead atoms. The lowest BCUT2D eigenvalue weighted by Gasteiger charge is -2.09. The molecule has 2 heterocycles. The summed E-state index contributed by atoms with van der Waals surface area (Å²) in [5.74, 6) is 1.64. The summed E-state index contributed by atoms with van der Waals surface area (Å²) in [5.41, 5.74) is 6.26. The first kappa shape index (κ1) is 16.3. The molecular formula is C19H23N3O2. The van der Waals surface area contributed by atoms with Crippen LogP contribution in [-0.4, -0.2) is 22.0 Å². The number of methoxy groups -OCH3 is 1. The number of nitrogens with zero attached hydrogens (tertiary/aromatic N) is 3. The molecule has 24 heavy (non-hydrogen) atoms. The number of aryl methyl sites for hydroxylation is 3. The molecule has 0 amide bonds. The zero-order valence-electron chi connectivity index (χ0n) is 14.9. The lowest BCUT2D eigenvalue weighted by molar-refractivity contribution is 0.393. The maximum Gasteiger partial charge on any atom is 0.143 e. The van der Waals surface area contributed by atoms with Crippen molar-refractivity contribution in [3.63, 3.8) is 0 Å². The number of ether oxygens (including phenoxy) is 1. The van der Waals surface area contributed by atoms with E-state index in [1.165, 1.54) is 5.56 Å². The molecule has 0 fully saturated rings. The van der Waals surface area contributed by atoms with Gasteiger partial charge in [-0.15, -0.1) is 0 Å². The maximum absolute atomic E-state index is 5.39. The third kappa shape index (κ3) is 2.70. The standard InChI is InChI=1S/C19H23N3O2/c1-6-7-17-12(2)19(18-13(3)21-24-14(18)4)22(20-17)15-8-10-16(23-5)11-9-15/h8-11H,6-7H2,1-5H3. The Balaban J connectivity index is 2.22. The first-order valence-electron chi connectivity index (χ1n) is 8.23. The third-order valence-corrected chi connectivity index (χ3v) is 4.29. The SMILES string of the molecule is CCCc1nn(-c2ccc(OC)cc2)c(-c2c(C)noc2C)c1C. The fraction of sp³-hybridized carbons (Fsp3) is 0.368. The summed E-state index contributed by atoms with van der Waals surface area (Å²) in [6.07, 6.45) is 2.01. The van der Waals surface area contributed by atoms with Gasteiger partial charge in [0.15, 0.2) is 0 Å². The fourth-order valence-electron chi connectivity index (χ4n) is 3.04. The average Bonchev–Trinajstić information content (AvgIpc) is 3.08. The van der Waals surface area contributed by atoms with Gasteiger partial charge in [-0.3, -0.25) is 0 Å². The highest BCUT2D eigenvalue weighted by Crippen LogP contribution is 2.34. The molecule has 0 atom stereocenters. The van der Waals surface area contributed by atoms with Crippen LogP contribution in [0.4, 0.5) is 0 Å². The predicted octanol–water partition coefficient (Wildman–Crippen LogP) is 4.41. The van der Waals surface area contributed by atoms with Gasteiger partial charge in [0.25, 0.3) is 0 Å². The van der Waals surface area contributed by atoms with E-state index in [9.17, 15) is 0 Å². The number of hydrogen-bond acceptors (Lipinski definition) is 4. The Kier molecular flexibility index (Phi) is 4.42. The van der Waals surface area contributed by atoms with Crippen LogP contribution < -0.4 is 4.74 Å². The second-order valence-electron chi connectivity index (χ2n) is 5.98. The van der Waals surface area contributed by atoms with Crippen LogP contribution in [0.5, 0.6) is 5.75 Å². The molecule has 0 saturated heterocycles. The topological polar surface area (TPSA) is 53.1 Å². The highest BCUT2D eigenvalue weighted by molar-refractivity contribution is 5.70. The summed E-state index contributed by atoms with van der Waals surface area (Å²) in [5, 5.41) is 8.98. The van der Waals surface area contributed by atoms with Gasteiger partial charge in [-0.2, -0.15) is 5.10 Å². The molecule has 5 nitrogen and oxygen atoms in total. The Morgan fingerprint density at radius 2 is 1.83 bits per heavy atom. The van der Waals surface area contributed by atoms with Gasteiger partial charge < -0.3 is 9.26 Å². The lowest BCUT2D eigenvalue weighted by atomic mass is 10.0. The van der Waals surface area contributed by atoms with E-state index in [2.05, 4.69) is 19.0 Å². The van der Waals surface area contributed by atoms with E-state index < -0.39 is 0 Å². The largest absolute Gasteiger partial charge is 0.497 e. The smallest absolute Gasteiger partial charge is 0.143 e. The van der Waals surface area contributed by atoms with Gasteiger partial charge in [0, 0.05) is 0 Å². The summed E-state index contributed by atoms with van der Waals surface area (Å²) in [6.45, 7) is 8.20. The monoisotopic (exact) mass is 325 g/mol. The van der Waals surface area contributed by atoms with Crippen LogP contribution in [0.2, 0.25) is 0 Å². The molecule has 0 unspecified atom stereocenters. The first-order chi connectivity index (χ1) is 11.6. The van der Waals surface area contributed by atoms with Gasteiger partial charge >= 0.3 is 0 Å². The van der Waals surface area contributed by atoms with Crippen molar-refractivity contribution in [1.82, 2.24) is 14.9 Å². The molecule has 1 aromatic carbocycles. The van der Waals surface area contributed by atoms with Crippen LogP contribution >= 0.6 is 0 Å². The lowest BCUT2D eigenvalue weighted by Crippen LogP contribution is -2.01. The van der Waals surface area contributed by atoms with E-state index in [-0.39, 0.29) is 0 Å². The minimum atomic E-state index is 0.813. The van der Waals surface area contributed by atoms with E-state index in [0.717, 1.165) is 52.7 Å². The Morgan fingerprint density at radius 1 is 1.12 bits per heavy atom. The van der Waals surface area contributed by atoms with Crippen molar-refractivity contribution in [2.75, 3.05) is 7.11 Å². The second kappa shape index (κ2) is 6.51. The number of hydrogen-bond donors (Lipinski definition) is 0. The summed E-state index contributed by atoms with van der Waals surface area (Å²) < 4.78 is 12.6. The molecule has 0 N–H and O–H groups in total. The van der Waals surface area contributed by atoms with Crippen LogP contribution in [0, 0.1) is 20.8 Å². The Hall–Kier alpha value is -2.56. The Morgan fingerprint density at radius 3 is 2.38 bits per heavy atom. The quantitative estimate of drug-likeness (QED) is 0.697. The number of aromatic nitrogens is 3. The zero-order chi connectivity index (χ0) is 17.3. The number of benzene rings is 1. The molecule has 0 aliphatic rings. The van der Waals surface area contributed by atoms with E-state index >= 15 is 0 Å². The Labute approximate surface area is 142 Å². The van der Waals surface area contributed by atoms with Crippen LogP contribution in [0.15, 0.2) is 28.8 Å². The summed E-state index contributed by atoms with van der Waals surface area (Å²) in [7, 11) is 1.67. The summed E-state index contributed by atoms with van der Waals surface area (Å²) in [6, 6.07) is 7.93. The van der Waals surface area contributed by atoms with Gasteiger partial charge in [0.2, 0.25) is 0 Å². The maximum atomic E-state index is 5.39. The van der Waals surface area contributed by atoms with Gasteiger partial charge in [0.05, 0.1) is 35.4 Å². The van der Waals surface area contributed by atoms with Crippen LogP contribution in [-0.2, 0) is 6.42 Å². The van der Waals surface area contributed by atoms with Crippen LogP contribution in [0.3, 0.4) is 0 Å². The van der Waals surface area contributed by atoms with Gasteiger partial charge in [-0.1, -0.05) is 18.5 Å². The summed E-state index contributed by atoms with van der Waals surface area (Å²) in [4.78, 5) is 0. The molecule has 3 rings (SSSR count). The van der Waals surface area contributed by atoms with Crippen molar-refractivity contribution < 1.29 is 9.26 Å². The Bertz CT molecular complexity index is 825. The minimum absolute atomic E-state index is 0.813. The first-order valence-corrected chi connectivity index (χ1v) is 8.23. The second-order valence-corrected chi connectivity index (χ2v) is 5.98. The van der Waals surface area contributed by atoms with E-state index in [1.54, 1.807) is 7.11 Å². The third-order valence-electron chi connectivity index (χ3n) is 4.29. The van der Waals surface area contributed by atoms with Gasteiger partial charge in [-0.25, -0.2) is 4.68 Å². The molecule has 0 saturated carbocycles. The molecule has 0 aliphatic carbocycles. The van der Waals surface area contributed by atoms with Crippen molar-refractivity contribution in [1.29, 1.82) is 0 Å². The fourth-order valence-corrected chi connectivity index (χ4v) is 3.04.